The van der Waals surface area contributed by atoms with Crippen molar-refractivity contribution in [1.82, 2.24) is 10.2 Å². The highest BCUT2D eigenvalue weighted by molar-refractivity contribution is 9.13. The van der Waals surface area contributed by atoms with Crippen molar-refractivity contribution >= 4 is 49.9 Å². The second-order valence-corrected chi connectivity index (χ2v) is 5.04. The molecule has 1 aliphatic rings. The van der Waals surface area contributed by atoms with Crippen molar-refractivity contribution < 1.29 is 14.0 Å². The van der Waals surface area contributed by atoms with E-state index in [1.54, 1.807) is 6.07 Å². The number of nitrogens with one attached hydrogen (secondary N) is 1. The summed E-state index contributed by atoms with van der Waals surface area (Å²) >= 11 is 6.45. The van der Waals surface area contributed by atoms with E-state index in [1.807, 2.05) is 0 Å². The van der Waals surface area contributed by atoms with Crippen molar-refractivity contribution in [1.29, 1.82) is 0 Å². The molecule has 7 heteroatoms. The van der Waals surface area contributed by atoms with Gasteiger partial charge in [-0.3, -0.25) is 9.69 Å². The zero-order valence-electron chi connectivity index (χ0n) is 9.07. The predicted molar refractivity (Wildman–Crippen MR) is 72.5 cm³/mol. The maximum absolute atomic E-state index is 11.9. The summed E-state index contributed by atoms with van der Waals surface area (Å²) in [5.41, 5.74) is 0.176. The van der Waals surface area contributed by atoms with Crippen LogP contribution in [-0.2, 0) is 4.79 Å². The SMILES string of the molecule is C=CCN1C(=O)N/C(=C/c2cc(Br)c(Br)o2)C1=O. The van der Waals surface area contributed by atoms with E-state index in [9.17, 15) is 9.59 Å². The van der Waals surface area contributed by atoms with Crippen molar-refractivity contribution in [2.45, 2.75) is 0 Å². The molecule has 1 aromatic rings. The standard InChI is InChI=1S/C11H8Br2N2O3/c1-2-3-15-10(16)8(14-11(15)17)5-6-4-7(12)9(13)18-6/h2,4-5H,1,3H2,(H,14,17)/b8-5+. The Bertz CT molecular complexity index is 543. The Labute approximate surface area is 120 Å². The third-order valence-electron chi connectivity index (χ3n) is 2.22. The summed E-state index contributed by atoms with van der Waals surface area (Å²) in [6.45, 7) is 3.67. The van der Waals surface area contributed by atoms with Crippen LogP contribution in [0.2, 0.25) is 0 Å². The summed E-state index contributed by atoms with van der Waals surface area (Å²) in [6, 6.07) is 1.22. The molecule has 0 radical (unpaired) electrons. The quantitative estimate of drug-likeness (QED) is 0.502. The number of furan rings is 1. The van der Waals surface area contributed by atoms with Gasteiger partial charge >= 0.3 is 6.03 Å². The molecule has 0 atom stereocenters. The first-order chi connectivity index (χ1) is 8.52. The van der Waals surface area contributed by atoms with Gasteiger partial charge in [0.05, 0.1) is 4.47 Å². The molecule has 1 aromatic heterocycles. The number of urea groups is 1. The molecule has 2 heterocycles. The highest BCUT2D eigenvalue weighted by Gasteiger charge is 2.32. The number of halogens is 2. The first-order valence-corrected chi connectivity index (χ1v) is 6.52. The highest BCUT2D eigenvalue weighted by atomic mass is 79.9. The molecule has 2 rings (SSSR count). The fraction of sp³-hybridized carbons (Fsp3) is 0.0909. The summed E-state index contributed by atoms with van der Waals surface area (Å²) in [6.07, 6.45) is 2.96. The van der Waals surface area contributed by atoms with E-state index < -0.39 is 11.9 Å². The number of nitrogens with zero attached hydrogens (tertiary/aromatic N) is 1. The van der Waals surface area contributed by atoms with Gasteiger partial charge in [0.1, 0.15) is 11.5 Å². The molecule has 0 aromatic carbocycles. The van der Waals surface area contributed by atoms with Crippen LogP contribution >= 0.6 is 31.9 Å². The zero-order valence-corrected chi connectivity index (χ0v) is 12.2. The van der Waals surface area contributed by atoms with Crippen LogP contribution in [0.5, 0.6) is 0 Å². The Balaban J connectivity index is 2.27. The smallest absolute Gasteiger partial charge is 0.329 e. The Hall–Kier alpha value is -1.34. The van der Waals surface area contributed by atoms with Crippen molar-refractivity contribution in [3.63, 3.8) is 0 Å². The minimum Gasteiger partial charge on any atom is -0.449 e. The molecular formula is C11H8Br2N2O3. The van der Waals surface area contributed by atoms with E-state index in [1.165, 1.54) is 12.2 Å². The third kappa shape index (κ3) is 2.41. The number of hydrogen-bond donors (Lipinski definition) is 1. The lowest BCUT2D eigenvalue weighted by Crippen LogP contribution is -2.30. The summed E-state index contributed by atoms with van der Waals surface area (Å²) in [5, 5.41) is 2.48. The summed E-state index contributed by atoms with van der Waals surface area (Å²) < 4.78 is 6.56. The summed E-state index contributed by atoms with van der Waals surface area (Å²) in [7, 11) is 0. The van der Waals surface area contributed by atoms with Crippen molar-refractivity contribution in [3.8, 4) is 0 Å². The van der Waals surface area contributed by atoms with Crippen LogP contribution in [0.3, 0.4) is 0 Å². The van der Waals surface area contributed by atoms with Gasteiger partial charge in [-0.1, -0.05) is 6.08 Å². The molecule has 0 spiro atoms. The number of imide groups is 1. The second-order valence-electron chi connectivity index (χ2n) is 3.46. The second kappa shape index (κ2) is 5.11. The highest BCUT2D eigenvalue weighted by Crippen LogP contribution is 2.28. The average molecular weight is 376 g/mol. The minimum atomic E-state index is -0.462. The fourth-order valence-electron chi connectivity index (χ4n) is 1.44. The number of carbonyl (C=O) groups is 2. The van der Waals surface area contributed by atoms with Gasteiger partial charge in [0, 0.05) is 12.6 Å². The number of hydrogen-bond acceptors (Lipinski definition) is 3. The molecule has 1 aliphatic heterocycles. The Morgan fingerprint density at radius 2 is 2.17 bits per heavy atom. The fourth-order valence-corrected chi connectivity index (χ4v) is 2.05. The van der Waals surface area contributed by atoms with Gasteiger partial charge in [-0.2, -0.15) is 0 Å². The van der Waals surface area contributed by atoms with Gasteiger partial charge in [0.2, 0.25) is 0 Å². The van der Waals surface area contributed by atoms with Crippen molar-refractivity contribution in [3.05, 3.63) is 39.3 Å². The molecule has 5 nitrogen and oxygen atoms in total. The third-order valence-corrected chi connectivity index (χ3v) is 3.93. The monoisotopic (exact) mass is 374 g/mol. The van der Waals surface area contributed by atoms with E-state index in [-0.39, 0.29) is 12.2 Å². The van der Waals surface area contributed by atoms with E-state index in [2.05, 4.69) is 43.8 Å². The van der Waals surface area contributed by atoms with Crippen LogP contribution in [0.25, 0.3) is 6.08 Å². The van der Waals surface area contributed by atoms with Crippen LogP contribution in [0.1, 0.15) is 5.76 Å². The number of amides is 3. The van der Waals surface area contributed by atoms with Crippen LogP contribution in [0.4, 0.5) is 4.79 Å². The van der Waals surface area contributed by atoms with Crippen LogP contribution in [0.15, 0.2) is 38.0 Å². The first-order valence-electron chi connectivity index (χ1n) is 4.93. The predicted octanol–water partition coefficient (Wildman–Crippen LogP) is 2.88. The van der Waals surface area contributed by atoms with Gasteiger partial charge in [0.15, 0.2) is 4.67 Å². The molecule has 1 N–H and O–H groups in total. The van der Waals surface area contributed by atoms with E-state index >= 15 is 0 Å². The maximum atomic E-state index is 11.9. The van der Waals surface area contributed by atoms with Gasteiger partial charge in [-0.05, 0) is 37.9 Å². The van der Waals surface area contributed by atoms with Crippen LogP contribution < -0.4 is 5.32 Å². The first kappa shape index (κ1) is 13.1. The largest absolute Gasteiger partial charge is 0.449 e. The number of rotatable bonds is 3. The molecule has 18 heavy (non-hydrogen) atoms. The van der Waals surface area contributed by atoms with Gasteiger partial charge in [-0.25, -0.2) is 4.79 Å². The molecule has 0 aliphatic carbocycles. The van der Waals surface area contributed by atoms with Gasteiger partial charge < -0.3 is 9.73 Å². The normalized spacial score (nSPS) is 17.4. The van der Waals surface area contributed by atoms with E-state index in [4.69, 9.17) is 4.42 Å². The van der Waals surface area contributed by atoms with Crippen LogP contribution in [-0.4, -0.2) is 23.4 Å². The molecule has 0 bridgehead atoms. The minimum absolute atomic E-state index is 0.174. The molecule has 94 valence electrons. The lowest BCUT2D eigenvalue weighted by atomic mass is 10.3. The van der Waals surface area contributed by atoms with Crippen molar-refractivity contribution in [2.75, 3.05) is 6.54 Å². The molecular weight excluding hydrogens is 368 g/mol. The Kier molecular flexibility index (Phi) is 3.72. The summed E-state index contributed by atoms with van der Waals surface area (Å²) in [4.78, 5) is 24.4. The Morgan fingerprint density at radius 1 is 1.44 bits per heavy atom. The number of carbonyl (C=O) groups excluding carboxylic acids is 2. The maximum Gasteiger partial charge on any atom is 0.329 e. The van der Waals surface area contributed by atoms with E-state index in [0.29, 0.717) is 10.4 Å². The zero-order chi connectivity index (χ0) is 13.3. The van der Waals surface area contributed by atoms with Gasteiger partial charge in [-0.15, -0.1) is 6.58 Å². The molecule has 1 fully saturated rings. The summed E-state index contributed by atoms with van der Waals surface area (Å²) in [5.74, 6) is 0.0568. The van der Waals surface area contributed by atoms with E-state index in [0.717, 1.165) is 9.37 Å². The topological polar surface area (TPSA) is 62.6 Å². The molecule has 0 unspecified atom stereocenters. The lowest BCUT2D eigenvalue weighted by molar-refractivity contribution is -0.122. The Morgan fingerprint density at radius 3 is 2.72 bits per heavy atom. The van der Waals surface area contributed by atoms with Crippen LogP contribution in [0, 0.1) is 0 Å². The van der Waals surface area contributed by atoms with Gasteiger partial charge in [0.25, 0.3) is 5.91 Å². The lowest BCUT2D eigenvalue weighted by Gasteiger charge is -2.06. The molecule has 1 saturated heterocycles. The van der Waals surface area contributed by atoms with Crippen molar-refractivity contribution in [2.24, 2.45) is 0 Å². The molecule has 3 amide bonds. The molecule has 0 saturated carbocycles. The average Bonchev–Trinajstić information content (AvgIpc) is 2.75.